The zero-order valence-electron chi connectivity index (χ0n) is 23.5. The van der Waals surface area contributed by atoms with Gasteiger partial charge in [0.15, 0.2) is 0 Å². The number of nitrogens with one attached hydrogen (secondary N) is 2. The van der Waals surface area contributed by atoms with Crippen LogP contribution in [-0.2, 0) is 24.0 Å². The van der Waals surface area contributed by atoms with Crippen LogP contribution in [0.5, 0.6) is 0 Å². The first kappa shape index (κ1) is 33.5. The average molecular weight is 635 g/mol. The average Bonchev–Trinajstić information content (AvgIpc) is 2.94. The first-order chi connectivity index (χ1) is 20.4. The van der Waals surface area contributed by atoms with Crippen LogP contribution in [0.25, 0.3) is 0 Å². The van der Waals surface area contributed by atoms with E-state index in [2.05, 4.69) is 30.6 Å². The molecular weight excluding hydrogens is 600 g/mol. The highest BCUT2D eigenvalue weighted by molar-refractivity contribution is 7.99. The number of anilines is 2. The Morgan fingerprint density at radius 2 is 1.16 bits per heavy atom. The quantitative estimate of drug-likeness (QED) is 0.168. The van der Waals surface area contributed by atoms with E-state index in [9.17, 15) is 34.2 Å². The van der Waals surface area contributed by atoms with E-state index in [0.717, 1.165) is 23.5 Å². The molecular formula is C26H34N8O7S2. The van der Waals surface area contributed by atoms with Gasteiger partial charge in [0, 0.05) is 62.0 Å². The van der Waals surface area contributed by atoms with Crippen molar-refractivity contribution in [2.75, 3.05) is 23.0 Å². The highest BCUT2D eigenvalue weighted by Gasteiger charge is 2.44. The molecule has 2 heterocycles. The predicted molar refractivity (Wildman–Crippen MR) is 160 cm³/mol. The number of carboxylic acid groups (broad SMARTS) is 2. The number of nitrogen functional groups attached to an aromatic ring is 2. The number of aromatic nitrogens is 4. The lowest BCUT2D eigenvalue weighted by Gasteiger charge is -2.36. The SMILES string of the molecule is CC(=O)NC(CSC(c1nccnc1N)C1CCCC(C(SCC(NC(C)=O)C(=O)O)c2nccnc2N)C1=O)C(=O)O. The zero-order chi connectivity index (χ0) is 31.7. The summed E-state index contributed by atoms with van der Waals surface area (Å²) in [7, 11) is 0. The monoisotopic (exact) mass is 634 g/mol. The van der Waals surface area contributed by atoms with E-state index in [4.69, 9.17) is 11.5 Å². The van der Waals surface area contributed by atoms with Gasteiger partial charge in [-0.1, -0.05) is 6.42 Å². The Bertz CT molecular complexity index is 1250. The summed E-state index contributed by atoms with van der Waals surface area (Å²) in [5.74, 6) is -5.01. The van der Waals surface area contributed by atoms with Crippen molar-refractivity contribution in [3.8, 4) is 0 Å². The molecule has 43 heavy (non-hydrogen) atoms. The Hall–Kier alpha value is -3.99. The number of carbonyl (C=O) groups is 5. The largest absolute Gasteiger partial charge is 0.480 e. The molecule has 0 aromatic carbocycles. The van der Waals surface area contributed by atoms with Gasteiger partial charge in [-0.05, 0) is 12.8 Å². The topological polar surface area (TPSA) is 253 Å². The normalized spacial score (nSPS) is 19.4. The van der Waals surface area contributed by atoms with Crippen LogP contribution in [0.2, 0.25) is 0 Å². The van der Waals surface area contributed by atoms with Crippen LogP contribution < -0.4 is 22.1 Å². The number of nitrogens with two attached hydrogens (primary N) is 2. The van der Waals surface area contributed by atoms with Crippen LogP contribution in [0.15, 0.2) is 24.8 Å². The van der Waals surface area contributed by atoms with Gasteiger partial charge in [0.1, 0.15) is 29.5 Å². The third-order valence-corrected chi connectivity index (χ3v) is 9.65. The van der Waals surface area contributed by atoms with Gasteiger partial charge in [0.05, 0.1) is 21.9 Å². The molecule has 1 aliphatic carbocycles. The second-order valence-corrected chi connectivity index (χ2v) is 12.2. The second kappa shape index (κ2) is 15.5. The second-order valence-electron chi connectivity index (χ2n) is 9.89. The van der Waals surface area contributed by atoms with E-state index < -0.39 is 58.2 Å². The van der Waals surface area contributed by atoms with E-state index in [0.29, 0.717) is 30.7 Å². The van der Waals surface area contributed by atoms with Gasteiger partial charge in [-0.2, -0.15) is 0 Å². The van der Waals surface area contributed by atoms with Crippen LogP contribution >= 0.6 is 23.5 Å². The van der Waals surface area contributed by atoms with Gasteiger partial charge in [-0.3, -0.25) is 24.4 Å². The number of ketones is 1. The van der Waals surface area contributed by atoms with E-state index in [1.807, 2.05) is 0 Å². The molecule has 0 aliphatic heterocycles. The molecule has 2 amide bonds. The lowest BCUT2D eigenvalue weighted by molar-refractivity contribution is -0.141. The van der Waals surface area contributed by atoms with Gasteiger partial charge in [-0.25, -0.2) is 19.6 Å². The minimum atomic E-state index is -1.23. The Kier molecular flexibility index (Phi) is 12.1. The summed E-state index contributed by atoms with van der Waals surface area (Å²) in [6.45, 7) is 2.43. The van der Waals surface area contributed by atoms with E-state index >= 15 is 0 Å². The van der Waals surface area contributed by atoms with E-state index in [-0.39, 0.29) is 28.9 Å². The molecule has 2 aromatic heterocycles. The third kappa shape index (κ3) is 9.00. The molecule has 6 atom stereocenters. The molecule has 1 aliphatic rings. The summed E-state index contributed by atoms with van der Waals surface area (Å²) < 4.78 is 0. The summed E-state index contributed by atoms with van der Waals surface area (Å²) in [5, 5.41) is 22.7. The highest BCUT2D eigenvalue weighted by Crippen LogP contribution is 2.49. The lowest BCUT2D eigenvalue weighted by Crippen LogP contribution is -2.43. The maximum Gasteiger partial charge on any atom is 0.327 e. The number of nitrogens with zero attached hydrogens (tertiary/aromatic N) is 4. The van der Waals surface area contributed by atoms with Crippen molar-refractivity contribution in [3.63, 3.8) is 0 Å². The Morgan fingerprint density at radius 1 is 0.791 bits per heavy atom. The number of amides is 2. The summed E-state index contributed by atoms with van der Waals surface area (Å²) in [4.78, 5) is 78.1. The van der Waals surface area contributed by atoms with Gasteiger partial charge in [-0.15, -0.1) is 23.5 Å². The fraction of sp³-hybridized carbons (Fsp3) is 0.500. The molecule has 6 unspecified atom stereocenters. The molecule has 17 heteroatoms. The molecule has 1 saturated carbocycles. The number of carbonyl (C=O) groups excluding carboxylic acids is 3. The number of carboxylic acids is 2. The first-order valence-corrected chi connectivity index (χ1v) is 15.4. The van der Waals surface area contributed by atoms with E-state index in [1.54, 1.807) is 0 Å². The molecule has 0 radical (unpaired) electrons. The highest BCUT2D eigenvalue weighted by atomic mass is 32.2. The molecule has 3 rings (SSSR count). The number of thioether (sulfide) groups is 2. The van der Waals surface area contributed by atoms with Gasteiger partial charge in [0.25, 0.3) is 0 Å². The van der Waals surface area contributed by atoms with Crippen LogP contribution in [0.1, 0.15) is 55.0 Å². The van der Waals surface area contributed by atoms with Gasteiger partial charge >= 0.3 is 11.9 Å². The van der Waals surface area contributed by atoms with Crippen LogP contribution in [0.4, 0.5) is 11.6 Å². The van der Waals surface area contributed by atoms with E-state index in [1.165, 1.54) is 38.6 Å². The summed E-state index contributed by atoms with van der Waals surface area (Å²) >= 11 is 2.27. The molecule has 232 valence electrons. The predicted octanol–water partition coefficient (Wildman–Crippen LogP) is 0.844. The van der Waals surface area contributed by atoms with Crippen molar-refractivity contribution >= 4 is 64.7 Å². The van der Waals surface area contributed by atoms with Gasteiger partial charge < -0.3 is 32.3 Å². The molecule has 2 aromatic rings. The first-order valence-electron chi connectivity index (χ1n) is 13.3. The molecule has 0 saturated heterocycles. The fourth-order valence-corrected chi connectivity index (χ4v) is 7.82. The summed E-state index contributed by atoms with van der Waals surface area (Å²) in [6.07, 6.45) is 7.15. The molecule has 8 N–H and O–H groups in total. The smallest absolute Gasteiger partial charge is 0.327 e. The molecule has 0 bridgehead atoms. The Morgan fingerprint density at radius 3 is 1.49 bits per heavy atom. The number of hydrogen-bond acceptors (Lipinski definition) is 13. The van der Waals surface area contributed by atoms with Crippen LogP contribution in [-0.4, -0.2) is 83.3 Å². The molecule has 1 fully saturated rings. The maximum atomic E-state index is 14.3. The van der Waals surface area contributed by atoms with Crippen molar-refractivity contribution in [2.24, 2.45) is 11.8 Å². The number of Topliss-reactive ketones (excluding diaryl/α,β-unsaturated/α-hetero) is 1. The van der Waals surface area contributed by atoms with Gasteiger partial charge in [0.2, 0.25) is 11.8 Å². The number of aliphatic carboxylic acids is 2. The number of rotatable bonds is 14. The Balaban J connectivity index is 1.97. The van der Waals surface area contributed by atoms with Crippen molar-refractivity contribution in [1.29, 1.82) is 0 Å². The lowest BCUT2D eigenvalue weighted by atomic mass is 9.75. The minimum absolute atomic E-state index is 0.0731. The fourth-order valence-electron chi connectivity index (χ4n) is 4.89. The summed E-state index contributed by atoms with van der Waals surface area (Å²) in [5.41, 5.74) is 13.0. The minimum Gasteiger partial charge on any atom is -0.480 e. The Labute approximate surface area is 255 Å². The maximum absolute atomic E-state index is 14.3. The third-order valence-electron chi connectivity index (χ3n) is 6.78. The molecule has 0 spiro atoms. The van der Waals surface area contributed by atoms with Crippen molar-refractivity contribution < 1.29 is 34.2 Å². The van der Waals surface area contributed by atoms with Crippen molar-refractivity contribution in [1.82, 2.24) is 30.6 Å². The van der Waals surface area contributed by atoms with Crippen LogP contribution in [0.3, 0.4) is 0 Å². The number of hydrogen-bond donors (Lipinski definition) is 6. The zero-order valence-corrected chi connectivity index (χ0v) is 25.1. The van der Waals surface area contributed by atoms with Crippen molar-refractivity contribution in [3.05, 3.63) is 36.2 Å². The van der Waals surface area contributed by atoms with Crippen LogP contribution in [0, 0.1) is 11.8 Å². The molecule has 15 nitrogen and oxygen atoms in total. The van der Waals surface area contributed by atoms with Crippen molar-refractivity contribution in [2.45, 2.75) is 55.7 Å². The standard InChI is InChI=1S/C26H34N8O7S2/c1-12(35)33-16(25(38)39)10-42-21(18-23(27)31-8-6-29-18)14-4-3-5-15(20(14)37)22(19-24(28)32-9-7-30-19)43-11-17(26(40)41)34-13(2)36/h6-9,14-17,21-22H,3-5,10-11H2,1-2H3,(H2,27,31)(H2,28,32)(H,33,35)(H,34,36)(H,38,39)(H,40,41). The summed E-state index contributed by atoms with van der Waals surface area (Å²) in [6, 6.07) is -2.44.